The predicted molar refractivity (Wildman–Crippen MR) is 81.3 cm³/mol. The van der Waals surface area contributed by atoms with Crippen LogP contribution < -0.4 is 10.6 Å². The van der Waals surface area contributed by atoms with Gasteiger partial charge in [-0.25, -0.2) is 4.79 Å². The molecule has 0 unspecified atom stereocenters. The van der Waals surface area contributed by atoms with Gasteiger partial charge in [0.2, 0.25) is 0 Å². The van der Waals surface area contributed by atoms with Gasteiger partial charge < -0.3 is 20.1 Å². The topological polar surface area (TPSA) is 81.9 Å². The molecular weight excluding hydrogens is 272 g/mol. The van der Waals surface area contributed by atoms with E-state index < -0.39 is 17.4 Å². The van der Waals surface area contributed by atoms with E-state index >= 15 is 0 Å². The van der Waals surface area contributed by atoms with Gasteiger partial charge in [0.15, 0.2) is 0 Å². The van der Waals surface area contributed by atoms with Crippen molar-refractivity contribution in [2.24, 2.45) is 5.41 Å². The zero-order valence-corrected chi connectivity index (χ0v) is 13.1. The number of hydrogen-bond acceptors (Lipinski definition) is 6. The lowest BCUT2D eigenvalue weighted by molar-refractivity contribution is -0.152. The third-order valence-electron chi connectivity index (χ3n) is 3.05. The number of methoxy groups -OCH3 is 1. The number of hydrogen-bond donors (Lipinski definition) is 1. The van der Waals surface area contributed by atoms with Gasteiger partial charge in [-0.15, -0.1) is 0 Å². The summed E-state index contributed by atoms with van der Waals surface area (Å²) in [7, 11) is 5.03. The highest BCUT2D eigenvalue weighted by Gasteiger charge is 2.30. The second kappa shape index (κ2) is 6.47. The number of carbonyl (C=O) groups excluding carboxylic acids is 2. The molecule has 0 amide bonds. The minimum Gasteiger partial charge on any atom is -0.469 e. The van der Waals surface area contributed by atoms with E-state index in [1.54, 1.807) is 32.0 Å². The zero-order valence-electron chi connectivity index (χ0n) is 13.1. The monoisotopic (exact) mass is 294 g/mol. The van der Waals surface area contributed by atoms with Gasteiger partial charge in [-0.2, -0.15) is 0 Å². The molecule has 0 spiro atoms. The molecule has 6 heteroatoms. The summed E-state index contributed by atoms with van der Waals surface area (Å²) in [6.45, 7) is 3.24. The summed E-state index contributed by atoms with van der Waals surface area (Å²) >= 11 is 0. The molecule has 6 nitrogen and oxygen atoms in total. The second-order valence-electron chi connectivity index (χ2n) is 5.62. The van der Waals surface area contributed by atoms with Crippen LogP contribution >= 0.6 is 0 Å². The quantitative estimate of drug-likeness (QED) is 0.657. The molecule has 1 rings (SSSR count). The van der Waals surface area contributed by atoms with Crippen LogP contribution in [0.15, 0.2) is 18.2 Å². The van der Waals surface area contributed by atoms with Crippen molar-refractivity contribution in [1.29, 1.82) is 0 Å². The molecule has 0 saturated heterocycles. The molecule has 0 fully saturated rings. The summed E-state index contributed by atoms with van der Waals surface area (Å²) < 4.78 is 9.82. The Morgan fingerprint density at radius 1 is 1.29 bits per heavy atom. The van der Waals surface area contributed by atoms with E-state index in [4.69, 9.17) is 10.5 Å². The van der Waals surface area contributed by atoms with Gasteiger partial charge >= 0.3 is 11.9 Å². The second-order valence-corrected chi connectivity index (χ2v) is 5.62. The lowest BCUT2D eigenvalue weighted by Crippen LogP contribution is -2.32. The van der Waals surface area contributed by atoms with Gasteiger partial charge in [0, 0.05) is 14.1 Å². The first-order valence-electron chi connectivity index (χ1n) is 6.51. The van der Waals surface area contributed by atoms with Crippen molar-refractivity contribution in [1.82, 2.24) is 0 Å². The maximum atomic E-state index is 12.0. The molecule has 0 bridgehead atoms. The maximum absolute atomic E-state index is 12.0. The minimum absolute atomic E-state index is 0.0617. The number of benzene rings is 1. The Kier molecular flexibility index (Phi) is 5.18. The lowest BCUT2D eigenvalue weighted by atomic mass is 9.95. The van der Waals surface area contributed by atoms with Crippen LogP contribution in [-0.2, 0) is 14.3 Å². The Hall–Kier alpha value is -2.24. The van der Waals surface area contributed by atoms with Crippen molar-refractivity contribution < 1.29 is 19.1 Å². The van der Waals surface area contributed by atoms with Crippen LogP contribution in [0.2, 0.25) is 0 Å². The van der Waals surface area contributed by atoms with E-state index in [2.05, 4.69) is 4.74 Å². The molecular formula is C15H22N2O4. The first-order chi connectivity index (χ1) is 9.69. The van der Waals surface area contributed by atoms with Crippen molar-refractivity contribution in [3.8, 4) is 0 Å². The summed E-state index contributed by atoms with van der Waals surface area (Å²) in [6, 6.07) is 4.94. The van der Waals surface area contributed by atoms with Crippen LogP contribution in [0.25, 0.3) is 0 Å². The Balaban J connectivity index is 2.77. The van der Waals surface area contributed by atoms with E-state index in [1.165, 1.54) is 7.11 Å². The van der Waals surface area contributed by atoms with Crippen molar-refractivity contribution in [2.45, 2.75) is 13.8 Å². The molecule has 1 aromatic carbocycles. The zero-order chi connectivity index (χ0) is 16.2. The molecule has 0 aliphatic heterocycles. The van der Waals surface area contributed by atoms with Crippen molar-refractivity contribution >= 4 is 23.3 Å². The van der Waals surface area contributed by atoms with Gasteiger partial charge in [0.25, 0.3) is 0 Å². The van der Waals surface area contributed by atoms with Gasteiger partial charge in [0.05, 0.1) is 29.5 Å². The number of esters is 2. The van der Waals surface area contributed by atoms with Crippen LogP contribution in [0.3, 0.4) is 0 Å². The number of nitrogens with zero attached hydrogens (tertiary/aromatic N) is 1. The van der Waals surface area contributed by atoms with Gasteiger partial charge in [-0.05, 0) is 32.0 Å². The molecule has 21 heavy (non-hydrogen) atoms. The number of nitrogen functional groups attached to an aromatic ring is 1. The fraction of sp³-hybridized carbons (Fsp3) is 0.467. The molecule has 2 N–H and O–H groups in total. The SMILES string of the molecule is COC(=O)C(C)(C)COC(=O)c1ccc(N(C)C)c(N)c1. The van der Waals surface area contributed by atoms with Gasteiger partial charge in [-0.1, -0.05) is 0 Å². The van der Waals surface area contributed by atoms with Crippen LogP contribution in [0.4, 0.5) is 11.4 Å². The highest BCUT2D eigenvalue weighted by Crippen LogP contribution is 2.23. The van der Waals surface area contributed by atoms with E-state index in [0.29, 0.717) is 11.3 Å². The molecule has 0 radical (unpaired) electrons. The smallest absolute Gasteiger partial charge is 0.338 e. The minimum atomic E-state index is -0.889. The highest BCUT2D eigenvalue weighted by atomic mass is 16.5. The largest absolute Gasteiger partial charge is 0.469 e. The summed E-state index contributed by atoms with van der Waals surface area (Å²) in [4.78, 5) is 25.4. The van der Waals surface area contributed by atoms with Crippen molar-refractivity contribution in [3.05, 3.63) is 23.8 Å². The molecule has 0 saturated carbocycles. The molecule has 0 atom stereocenters. The molecule has 0 aromatic heterocycles. The number of rotatable bonds is 5. The summed E-state index contributed by atoms with van der Waals surface area (Å²) in [5, 5.41) is 0. The molecule has 116 valence electrons. The summed E-state index contributed by atoms with van der Waals surface area (Å²) in [5.41, 5.74) is 6.65. The van der Waals surface area contributed by atoms with E-state index in [9.17, 15) is 9.59 Å². The van der Waals surface area contributed by atoms with Crippen LogP contribution in [0, 0.1) is 5.41 Å². The summed E-state index contributed by atoms with van der Waals surface area (Å²) in [5.74, 6) is -0.957. The molecule has 0 aliphatic carbocycles. The number of ether oxygens (including phenoxy) is 2. The average Bonchev–Trinajstić information content (AvgIpc) is 2.43. The van der Waals surface area contributed by atoms with Crippen molar-refractivity contribution in [2.75, 3.05) is 38.4 Å². The Labute approximate surface area is 124 Å². The highest BCUT2D eigenvalue weighted by molar-refractivity contribution is 5.92. The Morgan fingerprint density at radius 2 is 1.90 bits per heavy atom. The standard InChI is InChI=1S/C15H22N2O4/c1-15(2,14(19)20-5)9-21-13(18)10-6-7-12(17(3)4)11(16)8-10/h6-8H,9,16H2,1-5H3. The Bertz CT molecular complexity index is 538. The normalized spacial score (nSPS) is 10.9. The van der Waals surface area contributed by atoms with Crippen LogP contribution in [0.5, 0.6) is 0 Å². The van der Waals surface area contributed by atoms with Crippen LogP contribution in [0.1, 0.15) is 24.2 Å². The Morgan fingerprint density at radius 3 is 2.38 bits per heavy atom. The number of anilines is 2. The summed E-state index contributed by atoms with van der Waals surface area (Å²) in [6.07, 6.45) is 0. The van der Waals surface area contributed by atoms with Gasteiger partial charge in [-0.3, -0.25) is 4.79 Å². The van der Waals surface area contributed by atoms with Crippen molar-refractivity contribution in [3.63, 3.8) is 0 Å². The number of nitrogens with two attached hydrogens (primary N) is 1. The van der Waals surface area contributed by atoms with Crippen LogP contribution in [-0.4, -0.2) is 39.8 Å². The molecule has 0 heterocycles. The maximum Gasteiger partial charge on any atom is 0.338 e. The lowest BCUT2D eigenvalue weighted by Gasteiger charge is -2.21. The number of carbonyl (C=O) groups is 2. The third kappa shape index (κ3) is 4.11. The first-order valence-corrected chi connectivity index (χ1v) is 6.51. The molecule has 0 aliphatic rings. The van der Waals surface area contributed by atoms with E-state index in [-0.39, 0.29) is 6.61 Å². The fourth-order valence-corrected chi connectivity index (χ4v) is 1.75. The van der Waals surface area contributed by atoms with Gasteiger partial charge in [0.1, 0.15) is 6.61 Å². The van der Waals surface area contributed by atoms with E-state index in [0.717, 1.165) is 5.69 Å². The molecule has 1 aromatic rings. The average molecular weight is 294 g/mol. The first kappa shape index (κ1) is 16.8. The third-order valence-corrected chi connectivity index (χ3v) is 3.05. The fourth-order valence-electron chi connectivity index (χ4n) is 1.75. The van der Waals surface area contributed by atoms with E-state index in [1.807, 2.05) is 19.0 Å². The predicted octanol–water partition coefficient (Wildman–Crippen LogP) is 1.69.